The van der Waals surface area contributed by atoms with Crippen molar-refractivity contribution >= 4 is 40.6 Å². The SMILES string of the molecule is CC(Sc1ccc(N)cc1Cl)C(=O)Nc1ccccc1. The number of hydrogen-bond acceptors (Lipinski definition) is 3. The van der Waals surface area contributed by atoms with Gasteiger partial charge >= 0.3 is 0 Å². The number of rotatable bonds is 4. The topological polar surface area (TPSA) is 55.1 Å². The quantitative estimate of drug-likeness (QED) is 0.662. The van der Waals surface area contributed by atoms with Gasteiger partial charge in [0.2, 0.25) is 5.91 Å². The lowest BCUT2D eigenvalue weighted by molar-refractivity contribution is -0.115. The van der Waals surface area contributed by atoms with E-state index in [0.29, 0.717) is 10.7 Å². The smallest absolute Gasteiger partial charge is 0.237 e. The molecule has 3 nitrogen and oxygen atoms in total. The van der Waals surface area contributed by atoms with Crippen molar-refractivity contribution in [1.82, 2.24) is 0 Å². The van der Waals surface area contributed by atoms with E-state index in [0.717, 1.165) is 10.6 Å². The Morgan fingerprint density at radius 2 is 1.95 bits per heavy atom. The zero-order chi connectivity index (χ0) is 14.5. The van der Waals surface area contributed by atoms with Gasteiger partial charge in [0.25, 0.3) is 0 Å². The van der Waals surface area contributed by atoms with Crippen LogP contribution in [0.15, 0.2) is 53.4 Å². The summed E-state index contributed by atoms with van der Waals surface area (Å²) in [5, 5.41) is 3.18. The van der Waals surface area contributed by atoms with Crippen LogP contribution in [0.2, 0.25) is 5.02 Å². The Morgan fingerprint density at radius 3 is 2.60 bits per heavy atom. The van der Waals surface area contributed by atoms with Crippen LogP contribution in [0, 0.1) is 0 Å². The van der Waals surface area contributed by atoms with Crippen LogP contribution in [0.4, 0.5) is 11.4 Å². The molecule has 0 saturated carbocycles. The fraction of sp³-hybridized carbons (Fsp3) is 0.133. The number of benzene rings is 2. The molecular formula is C15H15ClN2OS. The van der Waals surface area contributed by atoms with Crippen molar-refractivity contribution in [2.24, 2.45) is 0 Å². The fourth-order valence-corrected chi connectivity index (χ4v) is 2.81. The minimum absolute atomic E-state index is 0.0610. The summed E-state index contributed by atoms with van der Waals surface area (Å²) in [7, 11) is 0. The Hall–Kier alpha value is -1.65. The van der Waals surface area contributed by atoms with E-state index in [1.807, 2.05) is 43.3 Å². The molecule has 0 bridgehead atoms. The maximum atomic E-state index is 12.1. The molecule has 0 aliphatic carbocycles. The summed E-state index contributed by atoms with van der Waals surface area (Å²) < 4.78 is 0. The summed E-state index contributed by atoms with van der Waals surface area (Å²) in [5.41, 5.74) is 7.04. The summed E-state index contributed by atoms with van der Waals surface area (Å²) in [4.78, 5) is 12.9. The van der Waals surface area contributed by atoms with Gasteiger partial charge in [-0.1, -0.05) is 29.8 Å². The van der Waals surface area contributed by atoms with E-state index >= 15 is 0 Å². The molecule has 2 rings (SSSR count). The predicted molar refractivity (Wildman–Crippen MR) is 86.3 cm³/mol. The van der Waals surface area contributed by atoms with Crippen LogP contribution < -0.4 is 11.1 Å². The van der Waals surface area contributed by atoms with Crippen molar-refractivity contribution in [3.05, 3.63) is 53.6 Å². The highest BCUT2D eigenvalue weighted by atomic mass is 35.5. The maximum absolute atomic E-state index is 12.1. The van der Waals surface area contributed by atoms with Gasteiger partial charge in [0.05, 0.1) is 10.3 Å². The van der Waals surface area contributed by atoms with Crippen molar-refractivity contribution in [2.45, 2.75) is 17.1 Å². The Kier molecular flexibility index (Phi) is 4.93. The van der Waals surface area contributed by atoms with Gasteiger partial charge in [0, 0.05) is 16.3 Å². The van der Waals surface area contributed by atoms with Crippen molar-refractivity contribution in [1.29, 1.82) is 0 Å². The first-order chi connectivity index (χ1) is 9.56. The normalized spacial score (nSPS) is 11.9. The minimum atomic E-state index is -0.253. The van der Waals surface area contributed by atoms with Crippen LogP contribution in [0.1, 0.15) is 6.92 Å². The van der Waals surface area contributed by atoms with Gasteiger partial charge in [-0.3, -0.25) is 4.79 Å². The summed E-state index contributed by atoms with van der Waals surface area (Å²) in [5.74, 6) is -0.0610. The Bertz CT molecular complexity index is 604. The first-order valence-corrected chi connectivity index (χ1v) is 7.39. The van der Waals surface area contributed by atoms with E-state index in [9.17, 15) is 4.79 Å². The number of para-hydroxylation sites is 1. The maximum Gasteiger partial charge on any atom is 0.237 e. The number of amides is 1. The highest BCUT2D eigenvalue weighted by Crippen LogP contribution is 2.32. The number of nitrogens with two attached hydrogens (primary N) is 1. The lowest BCUT2D eigenvalue weighted by atomic mass is 10.3. The standard InChI is InChI=1S/C15H15ClN2OS/c1-10(15(19)18-12-5-3-2-4-6-12)20-14-8-7-11(17)9-13(14)16/h2-10H,17H2,1H3,(H,18,19). The largest absolute Gasteiger partial charge is 0.399 e. The average Bonchev–Trinajstić information content (AvgIpc) is 2.43. The van der Waals surface area contributed by atoms with Crippen molar-refractivity contribution in [2.75, 3.05) is 11.1 Å². The molecule has 0 radical (unpaired) electrons. The molecule has 1 unspecified atom stereocenters. The summed E-state index contributed by atoms with van der Waals surface area (Å²) in [6.45, 7) is 1.84. The van der Waals surface area contributed by atoms with E-state index in [2.05, 4.69) is 5.32 Å². The van der Waals surface area contributed by atoms with Gasteiger partial charge in [-0.05, 0) is 37.3 Å². The molecule has 0 fully saturated rings. The number of carbonyl (C=O) groups excluding carboxylic acids is 1. The summed E-state index contributed by atoms with van der Waals surface area (Å²) in [6.07, 6.45) is 0. The number of hydrogen-bond donors (Lipinski definition) is 2. The van der Waals surface area contributed by atoms with Crippen molar-refractivity contribution in [3.63, 3.8) is 0 Å². The second-order valence-electron chi connectivity index (χ2n) is 4.31. The van der Waals surface area contributed by atoms with Crippen LogP contribution in [-0.2, 0) is 4.79 Å². The van der Waals surface area contributed by atoms with E-state index in [4.69, 9.17) is 17.3 Å². The highest BCUT2D eigenvalue weighted by Gasteiger charge is 2.16. The molecule has 0 heterocycles. The lowest BCUT2D eigenvalue weighted by Crippen LogP contribution is -2.22. The van der Waals surface area contributed by atoms with E-state index in [-0.39, 0.29) is 11.2 Å². The summed E-state index contributed by atoms with van der Waals surface area (Å²) >= 11 is 7.51. The molecule has 1 amide bonds. The molecule has 0 aromatic heterocycles. The third kappa shape index (κ3) is 3.92. The second-order valence-corrected chi connectivity index (χ2v) is 6.10. The molecule has 0 aliphatic heterocycles. The number of anilines is 2. The average molecular weight is 307 g/mol. The highest BCUT2D eigenvalue weighted by molar-refractivity contribution is 8.00. The Labute approximate surface area is 127 Å². The molecule has 3 N–H and O–H groups in total. The number of nitrogen functional groups attached to an aromatic ring is 1. The summed E-state index contributed by atoms with van der Waals surface area (Å²) in [6, 6.07) is 14.7. The van der Waals surface area contributed by atoms with Gasteiger partial charge < -0.3 is 11.1 Å². The van der Waals surface area contributed by atoms with Crippen LogP contribution in [0.25, 0.3) is 0 Å². The molecule has 20 heavy (non-hydrogen) atoms. The third-order valence-electron chi connectivity index (χ3n) is 2.67. The molecule has 0 spiro atoms. The van der Waals surface area contributed by atoms with Gasteiger partial charge in [-0.2, -0.15) is 0 Å². The van der Waals surface area contributed by atoms with E-state index < -0.39 is 0 Å². The number of thioether (sulfide) groups is 1. The molecule has 1 atom stereocenters. The molecule has 5 heteroatoms. The van der Waals surface area contributed by atoms with Crippen molar-refractivity contribution < 1.29 is 4.79 Å². The van der Waals surface area contributed by atoms with Gasteiger partial charge in [-0.25, -0.2) is 0 Å². The molecule has 2 aromatic rings. The number of carbonyl (C=O) groups is 1. The molecule has 0 aliphatic rings. The number of nitrogens with one attached hydrogen (secondary N) is 1. The van der Waals surface area contributed by atoms with E-state index in [1.165, 1.54) is 11.8 Å². The fourth-order valence-electron chi connectivity index (χ4n) is 1.62. The van der Waals surface area contributed by atoms with Gasteiger partial charge in [0.15, 0.2) is 0 Å². The predicted octanol–water partition coefficient (Wildman–Crippen LogP) is 4.04. The van der Waals surface area contributed by atoms with Crippen molar-refractivity contribution in [3.8, 4) is 0 Å². The Balaban J connectivity index is 2.00. The lowest BCUT2D eigenvalue weighted by Gasteiger charge is -2.13. The second kappa shape index (κ2) is 6.68. The zero-order valence-electron chi connectivity index (χ0n) is 11.0. The van der Waals surface area contributed by atoms with Crippen LogP contribution in [-0.4, -0.2) is 11.2 Å². The Morgan fingerprint density at radius 1 is 1.25 bits per heavy atom. The zero-order valence-corrected chi connectivity index (χ0v) is 12.5. The monoisotopic (exact) mass is 306 g/mol. The third-order valence-corrected chi connectivity index (χ3v) is 4.27. The van der Waals surface area contributed by atoms with Crippen LogP contribution in [0.3, 0.4) is 0 Å². The van der Waals surface area contributed by atoms with E-state index in [1.54, 1.807) is 12.1 Å². The minimum Gasteiger partial charge on any atom is -0.399 e. The number of halogens is 1. The first-order valence-electron chi connectivity index (χ1n) is 6.14. The first kappa shape index (κ1) is 14.8. The molecule has 104 valence electrons. The molecule has 2 aromatic carbocycles. The van der Waals surface area contributed by atoms with Crippen LogP contribution in [0.5, 0.6) is 0 Å². The molecular weight excluding hydrogens is 292 g/mol. The van der Waals surface area contributed by atoms with Gasteiger partial charge in [0.1, 0.15) is 0 Å². The molecule has 0 saturated heterocycles. The van der Waals surface area contributed by atoms with Crippen LogP contribution >= 0.6 is 23.4 Å². The van der Waals surface area contributed by atoms with Gasteiger partial charge in [-0.15, -0.1) is 11.8 Å².